The van der Waals surface area contributed by atoms with E-state index < -0.39 is 22.7 Å². The number of hydrogen-bond acceptors (Lipinski definition) is 7. The highest BCUT2D eigenvalue weighted by molar-refractivity contribution is 5.98. The van der Waals surface area contributed by atoms with Crippen LogP contribution in [0.2, 0.25) is 0 Å². The number of rotatable bonds is 10. The molecule has 0 aliphatic heterocycles. The van der Waals surface area contributed by atoms with Gasteiger partial charge in [0.05, 0.1) is 35.7 Å². The zero-order chi connectivity index (χ0) is 29.2. The third kappa shape index (κ3) is 6.04. The molecule has 4 atom stereocenters. The average molecular weight is 556 g/mol. The molecule has 3 saturated carbocycles. The van der Waals surface area contributed by atoms with Crippen LogP contribution in [0.1, 0.15) is 81.6 Å². The van der Waals surface area contributed by atoms with E-state index in [1.807, 2.05) is 13.8 Å². The first-order chi connectivity index (χ1) is 18.9. The first-order valence-corrected chi connectivity index (χ1v) is 14.1. The maximum absolute atomic E-state index is 13.6. The van der Waals surface area contributed by atoms with E-state index in [1.165, 1.54) is 19.2 Å². The predicted octanol–water partition coefficient (Wildman–Crippen LogP) is 3.26. The summed E-state index contributed by atoms with van der Waals surface area (Å²) < 4.78 is 11.6. The minimum atomic E-state index is -0.822. The van der Waals surface area contributed by atoms with Gasteiger partial charge in [0.2, 0.25) is 5.91 Å². The number of aliphatic hydroxyl groups is 1. The van der Waals surface area contributed by atoms with Crippen molar-refractivity contribution in [2.75, 3.05) is 20.3 Å². The van der Waals surface area contributed by atoms with E-state index in [4.69, 9.17) is 9.47 Å². The van der Waals surface area contributed by atoms with Gasteiger partial charge in [0.1, 0.15) is 17.6 Å². The number of nitriles is 1. The number of carboxylic acid groups (broad SMARTS) is 1. The Hall–Kier alpha value is -3.32. The molecule has 4 rings (SSSR count). The normalized spacial score (nSPS) is 29.4. The van der Waals surface area contributed by atoms with Crippen molar-refractivity contribution in [1.82, 2.24) is 10.6 Å². The number of ether oxygens (including phenoxy) is 2. The molecule has 2 amide bonds. The van der Waals surface area contributed by atoms with Gasteiger partial charge in [-0.3, -0.25) is 14.4 Å². The lowest BCUT2D eigenvalue weighted by atomic mass is 9.75. The van der Waals surface area contributed by atoms with Crippen LogP contribution in [-0.2, 0) is 9.59 Å². The fraction of sp³-hybridized carbons (Fsp3) is 0.667. The van der Waals surface area contributed by atoms with E-state index in [9.17, 15) is 29.9 Å². The van der Waals surface area contributed by atoms with Gasteiger partial charge in [0.15, 0.2) is 0 Å². The molecule has 0 heterocycles. The molecule has 3 fully saturated rings. The third-order valence-corrected chi connectivity index (χ3v) is 9.20. The van der Waals surface area contributed by atoms with Crippen molar-refractivity contribution in [3.63, 3.8) is 0 Å². The van der Waals surface area contributed by atoms with Crippen LogP contribution in [0.25, 0.3) is 0 Å². The van der Waals surface area contributed by atoms with Gasteiger partial charge < -0.3 is 30.3 Å². The Balaban J connectivity index is 1.51. The van der Waals surface area contributed by atoms with E-state index in [1.54, 1.807) is 6.92 Å². The first kappa shape index (κ1) is 29.7. The van der Waals surface area contributed by atoms with Crippen molar-refractivity contribution >= 4 is 17.8 Å². The van der Waals surface area contributed by atoms with Gasteiger partial charge in [-0.15, -0.1) is 0 Å². The third-order valence-electron chi connectivity index (χ3n) is 9.20. The van der Waals surface area contributed by atoms with Crippen molar-refractivity contribution in [2.45, 2.75) is 77.9 Å². The van der Waals surface area contributed by atoms with Crippen molar-refractivity contribution < 1.29 is 34.1 Å². The van der Waals surface area contributed by atoms with E-state index in [0.29, 0.717) is 32.2 Å². The molecule has 1 aromatic carbocycles. The van der Waals surface area contributed by atoms with E-state index in [2.05, 4.69) is 16.7 Å². The number of hydrogen-bond donors (Lipinski definition) is 4. The summed E-state index contributed by atoms with van der Waals surface area (Å²) in [7, 11) is 1.43. The molecule has 4 N–H and O–H groups in total. The van der Waals surface area contributed by atoms with Gasteiger partial charge in [-0.2, -0.15) is 5.26 Å². The van der Waals surface area contributed by atoms with Gasteiger partial charge in [0, 0.05) is 30.7 Å². The number of benzene rings is 1. The lowest BCUT2D eigenvalue weighted by Gasteiger charge is -2.34. The highest BCUT2D eigenvalue weighted by atomic mass is 16.5. The largest absolute Gasteiger partial charge is 0.496 e. The Bertz CT molecular complexity index is 1180. The van der Waals surface area contributed by atoms with Crippen LogP contribution in [0.4, 0.5) is 0 Å². The van der Waals surface area contributed by atoms with Crippen molar-refractivity contribution in [3.8, 4) is 17.6 Å². The molecule has 3 aliphatic rings. The first-order valence-electron chi connectivity index (χ1n) is 14.1. The minimum absolute atomic E-state index is 0.0488. The zero-order valence-electron chi connectivity index (χ0n) is 23.8. The molecule has 0 aromatic heterocycles. The second-order valence-electron chi connectivity index (χ2n) is 12.7. The molecule has 0 radical (unpaired) electrons. The number of aliphatic carboxylic acids is 1. The van der Waals surface area contributed by atoms with Crippen LogP contribution in [0.3, 0.4) is 0 Å². The fourth-order valence-electron chi connectivity index (χ4n) is 6.44. The van der Waals surface area contributed by atoms with Crippen molar-refractivity contribution in [3.05, 3.63) is 23.3 Å². The summed E-state index contributed by atoms with van der Waals surface area (Å²) in [6.07, 6.45) is 4.46. The number of methoxy groups -OCH3 is 1. The summed E-state index contributed by atoms with van der Waals surface area (Å²) >= 11 is 0. The summed E-state index contributed by atoms with van der Waals surface area (Å²) in [5.41, 5.74) is -0.794. The molecule has 0 spiro atoms. The van der Waals surface area contributed by atoms with Crippen molar-refractivity contribution in [2.24, 2.45) is 28.6 Å². The maximum Gasteiger partial charge on any atom is 0.309 e. The average Bonchev–Trinajstić information content (AvgIpc) is 3.55. The number of carbonyl (C=O) groups excluding carboxylic acids is 2. The standard InChI is InChI=1S/C30H41N3O7/c1-29(2,16-34)15-32-27(36)24-17-5-6-18(11-17)25(24)33-26(35)21-13-22(19(14-31)12-23(21)39-4)40-20-7-9-30(3,10-8-20)28(37)38/h12-13,17-18,20,24-25,34H,5-11,15-16H2,1-4H3,(H,32,36)(H,33,35)(H,37,38). The van der Waals surface area contributed by atoms with E-state index in [-0.39, 0.29) is 65.0 Å². The van der Waals surface area contributed by atoms with Crippen molar-refractivity contribution in [1.29, 1.82) is 5.26 Å². The van der Waals surface area contributed by atoms with E-state index in [0.717, 1.165) is 19.3 Å². The molecule has 4 unspecified atom stereocenters. The molecule has 0 saturated heterocycles. The molecule has 40 heavy (non-hydrogen) atoms. The Kier molecular flexibility index (Phi) is 8.64. The summed E-state index contributed by atoms with van der Waals surface area (Å²) in [6, 6.07) is 4.77. The van der Waals surface area contributed by atoms with E-state index >= 15 is 0 Å². The van der Waals surface area contributed by atoms with Gasteiger partial charge in [-0.25, -0.2) is 0 Å². The highest BCUT2D eigenvalue weighted by Gasteiger charge is 2.51. The number of nitrogens with zero attached hydrogens (tertiary/aromatic N) is 1. The summed E-state index contributed by atoms with van der Waals surface area (Å²) in [5.74, 6) is -0.818. The Morgan fingerprint density at radius 2 is 1.80 bits per heavy atom. The SMILES string of the molecule is COc1cc(C#N)c(OC2CCC(C)(C(=O)O)CC2)cc1C(=O)NC1C2CCC(C2)C1C(=O)NCC(C)(C)CO. The number of aliphatic hydroxyl groups excluding tert-OH is 1. The number of carbonyl (C=O) groups is 3. The topological polar surface area (TPSA) is 158 Å². The maximum atomic E-state index is 13.6. The van der Waals surface area contributed by atoms with Gasteiger partial charge in [-0.05, 0) is 69.8 Å². The van der Waals surface area contributed by atoms with Crippen LogP contribution in [0.15, 0.2) is 12.1 Å². The quantitative estimate of drug-likeness (QED) is 0.343. The lowest BCUT2D eigenvalue weighted by molar-refractivity contribution is -0.150. The minimum Gasteiger partial charge on any atom is -0.496 e. The predicted molar refractivity (Wildman–Crippen MR) is 146 cm³/mol. The second kappa shape index (κ2) is 11.7. The summed E-state index contributed by atoms with van der Waals surface area (Å²) in [4.78, 5) is 38.5. The molecule has 10 nitrogen and oxygen atoms in total. The number of amides is 2. The van der Waals surface area contributed by atoms with Crippen LogP contribution < -0.4 is 20.1 Å². The molecule has 3 aliphatic carbocycles. The Morgan fingerprint density at radius 1 is 1.12 bits per heavy atom. The van der Waals surface area contributed by atoms with Gasteiger partial charge >= 0.3 is 5.97 Å². The highest BCUT2D eigenvalue weighted by Crippen LogP contribution is 2.49. The second-order valence-corrected chi connectivity index (χ2v) is 12.7. The van der Waals surface area contributed by atoms with Crippen LogP contribution in [0, 0.1) is 39.9 Å². The molecule has 10 heteroatoms. The Labute approximate surface area is 235 Å². The van der Waals surface area contributed by atoms with Gasteiger partial charge in [0.25, 0.3) is 5.91 Å². The van der Waals surface area contributed by atoms with Crippen LogP contribution in [0.5, 0.6) is 11.5 Å². The Morgan fingerprint density at radius 3 is 2.40 bits per heavy atom. The molecular weight excluding hydrogens is 514 g/mol. The smallest absolute Gasteiger partial charge is 0.309 e. The summed E-state index contributed by atoms with van der Waals surface area (Å²) in [6.45, 7) is 5.78. The fourth-order valence-corrected chi connectivity index (χ4v) is 6.44. The monoisotopic (exact) mass is 555 g/mol. The number of fused-ring (bicyclic) bond motifs is 2. The molecule has 2 bridgehead atoms. The lowest BCUT2D eigenvalue weighted by Crippen LogP contribution is -2.51. The number of carboxylic acids is 1. The van der Waals surface area contributed by atoms with Crippen LogP contribution in [-0.4, -0.2) is 60.4 Å². The summed E-state index contributed by atoms with van der Waals surface area (Å²) in [5, 5.41) is 34.9. The zero-order valence-corrected chi connectivity index (χ0v) is 23.8. The molecule has 1 aromatic rings. The molecule has 218 valence electrons. The van der Waals surface area contributed by atoms with Crippen LogP contribution >= 0.6 is 0 Å². The molecular formula is C30H41N3O7. The van der Waals surface area contributed by atoms with Gasteiger partial charge in [-0.1, -0.05) is 13.8 Å². The number of nitrogens with one attached hydrogen (secondary N) is 2.